The SMILES string of the molecule is COCc1ccc(C(N)c2ccc(F)c(OC)c2)o1. The van der Waals surface area contributed by atoms with E-state index in [0.717, 1.165) is 5.56 Å². The van der Waals surface area contributed by atoms with Crippen LogP contribution in [0.1, 0.15) is 23.1 Å². The smallest absolute Gasteiger partial charge is 0.165 e. The summed E-state index contributed by atoms with van der Waals surface area (Å²) < 4.78 is 28.8. The van der Waals surface area contributed by atoms with Crippen molar-refractivity contribution in [3.8, 4) is 5.75 Å². The molecule has 1 aromatic carbocycles. The van der Waals surface area contributed by atoms with E-state index in [4.69, 9.17) is 19.6 Å². The lowest BCUT2D eigenvalue weighted by Gasteiger charge is -2.11. The van der Waals surface area contributed by atoms with E-state index in [-0.39, 0.29) is 5.75 Å². The van der Waals surface area contributed by atoms with E-state index in [1.54, 1.807) is 31.4 Å². The van der Waals surface area contributed by atoms with Gasteiger partial charge in [-0.1, -0.05) is 6.07 Å². The number of furan rings is 1. The summed E-state index contributed by atoms with van der Waals surface area (Å²) in [6.07, 6.45) is 0. The molecule has 1 unspecified atom stereocenters. The zero-order valence-corrected chi connectivity index (χ0v) is 10.9. The first-order chi connectivity index (χ1) is 9.15. The van der Waals surface area contributed by atoms with Gasteiger partial charge in [0.05, 0.1) is 13.2 Å². The molecule has 5 heteroatoms. The van der Waals surface area contributed by atoms with Crippen LogP contribution >= 0.6 is 0 Å². The van der Waals surface area contributed by atoms with Crippen molar-refractivity contribution in [3.63, 3.8) is 0 Å². The summed E-state index contributed by atoms with van der Waals surface area (Å²) in [6.45, 7) is 0.388. The first-order valence-electron chi connectivity index (χ1n) is 5.82. The van der Waals surface area contributed by atoms with Gasteiger partial charge in [-0.2, -0.15) is 0 Å². The molecule has 0 amide bonds. The minimum atomic E-state index is -0.472. The number of benzene rings is 1. The number of hydrogen-bond donors (Lipinski definition) is 1. The van der Waals surface area contributed by atoms with Gasteiger partial charge in [0.2, 0.25) is 0 Å². The molecule has 2 N–H and O–H groups in total. The molecule has 0 saturated heterocycles. The maximum absolute atomic E-state index is 13.3. The van der Waals surface area contributed by atoms with Gasteiger partial charge in [-0.25, -0.2) is 4.39 Å². The third-order valence-electron chi connectivity index (χ3n) is 2.81. The first-order valence-corrected chi connectivity index (χ1v) is 5.82. The Morgan fingerprint density at radius 1 is 1.26 bits per heavy atom. The number of methoxy groups -OCH3 is 2. The van der Waals surface area contributed by atoms with E-state index in [9.17, 15) is 4.39 Å². The summed E-state index contributed by atoms with van der Waals surface area (Å²) in [5.41, 5.74) is 6.81. The summed E-state index contributed by atoms with van der Waals surface area (Å²) >= 11 is 0. The summed E-state index contributed by atoms with van der Waals surface area (Å²) in [4.78, 5) is 0. The molecule has 2 rings (SSSR count). The van der Waals surface area contributed by atoms with Crippen LogP contribution in [-0.4, -0.2) is 14.2 Å². The van der Waals surface area contributed by atoms with E-state index in [0.29, 0.717) is 18.1 Å². The molecule has 0 spiro atoms. The van der Waals surface area contributed by atoms with Crippen molar-refractivity contribution in [1.82, 2.24) is 0 Å². The number of halogens is 1. The Bertz CT molecular complexity index is 553. The predicted octanol–water partition coefficient (Wildman–Crippen LogP) is 2.62. The fourth-order valence-corrected chi connectivity index (χ4v) is 1.82. The van der Waals surface area contributed by atoms with Gasteiger partial charge in [0.15, 0.2) is 11.6 Å². The molecular formula is C14H16FNO3. The van der Waals surface area contributed by atoms with E-state index in [2.05, 4.69) is 0 Å². The maximum Gasteiger partial charge on any atom is 0.165 e. The summed E-state index contributed by atoms with van der Waals surface area (Å²) in [7, 11) is 3.00. The number of hydrogen-bond acceptors (Lipinski definition) is 4. The lowest BCUT2D eigenvalue weighted by Crippen LogP contribution is -2.11. The largest absolute Gasteiger partial charge is 0.494 e. The van der Waals surface area contributed by atoms with Gasteiger partial charge < -0.3 is 19.6 Å². The normalized spacial score (nSPS) is 12.4. The monoisotopic (exact) mass is 265 g/mol. The van der Waals surface area contributed by atoms with Crippen LogP contribution in [0.4, 0.5) is 4.39 Å². The average Bonchev–Trinajstić information content (AvgIpc) is 2.87. The molecule has 19 heavy (non-hydrogen) atoms. The van der Waals surface area contributed by atoms with Crippen LogP contribution in [0.3, 0.4) is 0 Å². The van der Waals surface area contributed by atoms with Gasteiger partial charge in [-0.05, 0) is 29.8 Å². The third-order valence-corrected chi connectivity index (χ3v) is 2.81. The molecule has 102 valence electrons. The van der Waals surface area contributed by atoms with Gasteiger partial charge >= 0.3 is 0 Å². The van der Waals surface area contributed by atoms with Crippen molar-refractivity contribution in [2.24, 2.45) is 5.73 Å². The topological polar surface area (TPSA) is 57.6 Å². The fourth-order valence-electron chi connectivity index (χ4n) is 1.82. The van der Waals surface area contributed by atoms with Gasteiger partial charge in [0, 0.05) is 7.11 Å². The fraction of sp³-hybridized carbons (Fsp3) is 0.286. The van der Waals surface area contributed by atoms with Crippen LogP contribution in [0.15, 0.2) is 34.7 Å². The number of nitrogens with two attached hydrogens (primary N) is 1. The Labute approximate surface area is 110 Å². The van der Waals surface area contributed by atoms with Gasteiger partial charge in [-0.3, -0.25) is 0 Å². The lowest BCUT2D eigenvalue weighted by molar-refractivity contribution is 0.162. The van der Waals surface area contributed by atoms with Crippen LogP contribution in [-0.2, 0) is 11.3 Å². The Morgan fingerprint density at radius 3 is 2.74 bits per heavy atom. The van der Waals surface area contributed by atoms with E-state index in [1.807, 2.05) is 0 Å². The Balaban J connectivity index is 2.24. The van der Waals surface area contributed by atoms with Crippen molar-refractivity contribution < 1.29 is 18.3 Å². The second-order valence-electron chi connectivity index (χ2n) is 4.11. The van der Waals surface area contributed by atoms with Crippen molar-refractivity contribution >= 4 is 0 Å². The minimum Gasteiger partial charge on any atom is -0.494 e. The molecule has 0 radical (unpaired) electrons. The average molecular weight is 265 g/mol. The first kappa shape index (κ1) is 13.6. The summed E-state index contributed by atoms with van der Waals surface area (Å²) in [5.74, 6) is 1.04. The standard InChI is InChI=1S/C14H16FNO3/c1-17-8-10-4-6-12(19-10)14(16)9-3-5-11(15)13(7-9)18-2/h3-7,14H,8,16H2,1-2H3. The van der Waals surface area contributed by atoms with Crippen LogP contribution in [0.25, 0.3) is 0 Å². The van der Waals surface area contributed by atoms with Crippen LogP contribution in [0, 0.1) is 5.82 Å². The van der Waals surface area contributed by atoms with E-state index in [1.165, 1.54) is 13.2 Å². The molecule has 0 aliphatic carbocycles. The molecule has 0 aliphatic rings. The van der Waals surface area contributed by atoms with Gasteiger partial charge in [0.25, 0.3) is 0 Å². The summed E-state index contributed by atoms with van der Waals surface area (Å²) in [6, 6.07) is 7.63. The maximum atomic E-state index is 13.3. The molecule has 2 aromatic rings. The third kappa shape index (κ3) is 2.94. The highest BCUT2D eigenvalue weighted by molar-refractivity contribution is 5.35. The minimum absolute atomic E-state index is 0.164. The highest BCUT2D eigenvalue weighted by Crippen LogP contribution is 2.26. The van der Waals surface area contributed by atoms with Crippen molar-refractivity contribution in [2.45, 2.75) is 12.6 Å². The van der Waals surface area contributed by atoms with Gasteiger partial charge in [-0.15, -0.1) is 0 Å². The Morgan fingerprint density at radius 2 is 2.05 bits per heavy atom. The van der Waals surface area contributed by atoms with E-state index >= 15 is 0 Å². The molecule has 1 aromatic heterocycles. The van der Waals surface area contributed by atoms with Crippen molar-refractivity contribution in [3.05, 3.63) is 53.2 Å². The number of rotatable bonds is 5. The molecule has 4 nitrogen and oxygen atoms in total. The zero-order valence-electron chi connectivity index (χ0n) is 10.9. The Kier molecular flexibility index (Phi) is 4.19. The molecule has 1 heterocycles. The van der Waals surface area contributed by atoms with Crippen LogP contribution in [0.5, 0.6) is 5.75 Å². The molecule has 0 saturated carbocycles. The van der Waals surface area contributed by atoms with Crippen molar-refractivity contribution in [1.29, 1.82) is 0 Å². The second-order valence-corrected chi connectivity index (χ2v) is 4.11. The van der Waals surface area contributed by atoms with E-state index < -0.39 is 11.9 Å². The molecule has 0 fully saturated rings. The van der Waals surface area contributed by atoms with Crippen LogP contribution in [0.2, 0.25) is 0 Å². The van der Waals surface area contributed by atoms with Gasteiger partial charge in [0.1, 0.15) is 18.1 Å². The quantitative estimate of drug-likeness (QED) is 0.902. The zero-order chi connectivity index (χ0) is 13.8. The summed E-state index contributed by atoms with van der Waals surface area (Å²) in [5, 5.41) is 0. The molecule has 0 bridgehead atoms. The highest BCUT2D eigenvalue weighted by atomic mass is 19.1. The molecule has 1 atom stereocenters. The lowest BCUT2D eigenvalue weighted by atomic mass is 10.1. The highest BCUT2D eigenvalue weighted by Gasteiger charge is 2.15. The molecular weight excluding hydrogens is 249 g/mol. The van der Waals surface area contributed by atoms with Crippen LogP contribution < -0.4 is 10.5 Å². The second kappa shape index (κ2) is 5.86. The number of ether oxygens (including phenoxy) is 2. The van der Waals surface area contributed by atoms with Crippen molar-refractivity contribution in [2.75, 3.05) is 14.2 Å². The predicted molar refractivity (Wildman–Crippen MR) is 68.4 cm³/mol. The molecule has 0 aliphatic heterocycles. The Hall–Kier alpha value is -1.85.